The summed E-state index contributed by atoms with van der Waals surface area (Å²) in [6, 6.07) is 16.3. The standard InChI is InChI=1S/C23H30INO4/c1-25-22-8-4-20(5-9-22)2-3-21-6-10-23(11-7-21)29-19-18-28-17-16-27-15-14-26-13-12-24/h2-11,25H,12-19H2,1H3/b3-2+/i24-2. The van der Waals surface area contributed by atoms with Crippen LogP contribution < -0.4 is 10.1 Å². The Morgan fingerprint density at radius 2 is 1.17 bits per heavy atom. The molecule has 0 unspecified atom stereocenters. The summed E-state index contributed by atoms with van der Waals surface area (Å²) in [5, 5.41) is 3.12. The normalized spacial score (nSPS) is 11.1. The molecule has 0 saturated heterocycles. The van der Waals surface area contributed by atoms with Crippen LogP contribution in [-0.2, 0) is 14.2 Å². The van der Waals surface area contributed by atoms with E-state index in [0.717, 1.165) is 28.0 Å². The predicted octanol–water partition coefficient (Wildman–Crippen LogP) is 4.76. The molecule has 0 aliphatic rings. The Labute approximate surface area is 187 Å². The van der Waals surface area contributed by atoms with E-state index in [-0.39, 0.29) is 0 Å². The largest absolute Gasteiger partial charge is 0.491 e. The summed E-state index contributed by atoms with van der Waals surface area (Å²) in [4.78, 5) is 0. The van der Waals surface area contributed by atoms with E-state index in [1.807, 2.05) is 31.3 Å². The number of benzene rings is 2. The zero-order chi connectivity index (χ0) is 20.6. The average molecular weight is 509 g/mol. The highest BCUT2D eigenvalue weighted by molar-refractivity contribution is 14.1. The van der Waals surface area contributed by atoms with Crippen LogP contribution in [0.1, 0.15) is 11.1 Å². The number of hydrogen-bond acceptors (Lipinski definition) is 5. The Morgan fingerprint density at radius 1 is 0.690 bits per heavy atom. The van der Waals surface area contributed by atoms with Gasteiger partial charge >= 0.3 is 0 Å². The fourth-order valence-corrected chi connectivity index (χ4v) is 2.75. The van der Waals surface area contributed by atoms with E-state index < -0.39 is 0 Å². The first-order valence-electron chi connectivity index (χ1n) is 9.80. The summed E-state index contributed by atoms with van der Waals surface area (Å²) in [5.74, 6) is 0.841. The molecule has 1 N–H and O–H groups in total. The Balaban J connectivity index is 1.56. The predicted molar refractivity (Wildman–Crippen MR) is 128 cm³/mol. The van der Waals surface area contributed by atoms with E-state index in [0.29, 0.717) is 39.6 Å². The molecular formula is C23H30INO4. The molecule has 6 heteroatoms. The van der Waals surface area contributed by atoms with Crippen molar-refractivity contribution in [3.63, 3.8) is 0 Å². The number of hydrogen-bond donors (Lipinski definition) is 1. The van der Waals surface area contributed by atoms with Gasteiger partial charge in [0.1, 0.15) is 12.4 Å². The van der Waals surface area contributed by atoms with E-state index >= 15 is 0 Å². The van der Waals surface area contributed by atoms with Crippen LogP contribution in [0.5, 0.6) is 5.75 Å². The molecule has 2 aromatic carbocycles. The molecule has 0 spiro atoms. The van der Waals surface area contributed by atoms with Gasteiger partial charge in [-0.2, -0.15) is 0 Å². The van der Waals surface area contributed by atoms with Gasteiger partial charge in [0.05, 0.1) is 39.6 Å². The second kappa shape index (κ2) is 15.3. The molecule has 5 nitrogen and oxygen atoms in total. The minimum atomic E-state index is 0.520. The summed E-state index contributed by atoms with van der Waals surface area (Å²) in [6.07, 6.45) is 4.19. The Morgan fingerprint density at radius 3 is 1.69 bits per heavy atom. The zero-order valence-electron chi connectivity index (χ0n) is 16.9. The summed E-state index contributed by atoms with van der Waals surface area (Å²) < 4.78 is 23.0. The van der Waals surface area contributed by atoms with Crippen LogP contribution in [0.3, 0.4) is 0 Å². The van der Waals surface area contributed by atoms with E-state index in [4.69, 9.17) is 18.9 Å². The molecule has 2 aromatic rings. The van der Waals surface area contributed by atoms with Gasteiger partial charge in [-0.1, -0.05) is 59.0 Å². The van der Waals surface area contributed by atoms with E-state index in [2.05, 4.69) is 64.3 Å². The molecule has 158 valence electrons. The van der Waals surface area contributed by atoms with Crippen LogP contribution in [0, 0.1) is 0 Å². The molecule has 0 heterocycles. The van der Waals surface area contributed by atoms with Crippen molar-refractivity contribution in [1.82, 2.24) is 0 Å². The molecular weight excluding hydrogens is 479 g/mol. The fraction of sp³-hybridized carbons (Fsp3) is 0.391. The summed E-state index contributed by atoms with van der Waals surface area (Å²) in [7, 11) is 1.92. The SMILES string of the molecule is CNc1ccc(/C=C/c2ccc(OCCOCCOCCOCC[125I])cc2)cc1. The molecule has 0 atom stereocenters. The number of anilines is 1. The third kappa shape index (κ3) is 10.7. The van der Waals surface area contributed by atoms with Crippen LogP contribution in [0.2, 0.25) is 0 Å². The maximum Gasteiger partial charge on any atom is 0.119 e. The van der Waals surface area contributed by atoms with Gasteiger partial charge in [-0.15, -0.1) is 0 Å². The van der Waals surface area contributed by atoms with Crippen LogP contribution in [0.15, 0.2) is 48.5 Å². The second-order valence-electron chi connectivity index (χ2n) is 6.15. The van der Waals surface area contributed by atoms with Crippen molar-refractivity contribution in [1.29, 1.82) is 0 Å². The maximum atomic E-state index is 5.70. The summed E-state index contributed by atoms with van der Waals surface area (Å²) in [6.45, 7) is 4.23. The molecule has 0 bridgehead atoms. The minimum absolute atomic E-state index is 0.520. The molecule has 0 amide bonds. The minimum Gasteiger partial charge on any atom is -0.491 e. The van der Waals surface area contributed by atoms with E-state index in [1.54, 1.807) is 0 Å². The molecule has 0 saturated carbocycles. The molecule has 2 rings (SSSR count). The van der Waals surface area contributed by atoms with Gasteiger partial charge in [-0.05, 0) is 35.4 Å². The molecule has 0 aromatic heterocycles. The number of rotatable bonds is 15. The van der Waals surface area contributed by atoms with Crippen LogP contribution in [-0.4, -0.2) is 57.7 Å². The highest BCUT2D eigenvalue weighted by atomic mass is 125. The van der Waals surface area contributed by atoms with Gasteiger partial charge in [-0.25, -0.2) is 0 Å². The Hall–Kier alpha value is -1.61. The fourth-order valence-electron chi connectivity index (χ4n) is 2.44. The van der Waals surface area contributed by atoms with Crippen molar-refractivity contribution in [3.8, 4) is 5.75 Å². The van der Waals surface area contributed by atoms with Gasteiger partial charge in [0.15, 0.2) is 0 Å². The van der Waals surface area contributed by atoms with E-state index in [9.17, 15) is 0 Å². The average Bonchev–Trinajstić information content (AvgIpc) is 2.77. The zero-order valence-corrected chi connectivity index (χ0v) is 19.1. The van der Waals surface area contributed by atoms with Crippen molar-refractivity contribution in [2.24, 2.45) is 0 Å². The molecule has 0 fully saturated rings. The Kier molecular flexibility index (Phi) is 12.5. The lowest BCUT2D eigenvalue weighted by Gasteiger charge is -2.08. The van der Waals surface area contributed by atoms with Crippen molar-refractivity contribution in [3.05, 3.63) is 59.7 Å². The monoisotopic (exact) mass is 509 g/mol. The summed E-state index contributed by atoms with van der Waals surface area (Å²) in [5.41, 5.74) is 3.40. The van der Waals surface area contributed by atoms with Gasteiger partial charge in [0.2, 0.25) is 0 Å². The number of nitrogens with one attached hydrogen (secondary N) is 1. The quantitative estimate of drug-likeness (QED) is 0.162. The van der Waals surface area contributed by atoms with Crippen LogP contribution in [0.4, 0.5) is 5.69 Å². The highest BCUT2D eigenvalue weighted by Gasteiger charge is 1.96. The van der Waals surface area contributed by atoms with Gasteiger partial charge in [-0.3, -0.25) is 0 Å². The third-order valence-electron chi connectivity index (χ3n) is 4.01. The molecule has 0 aliphatic heterocycles. The van der Waals surface area contributed by atoms with Gasteiger partial charge in [0.25, 0.3) is 0 Å². The molecule has 0 radical (unpaired) electrons. The lowest BCUT2D eigenvalue weighted by atomic mass is 10.1. The lowest BCUT2D eigenvalue weighted by molar-refractivity contribution is 0.0120. The van der Waals surface area contributed by atoms with Crippen LogP contribution >= 0.6 is 22.6 Å². The first-order chi connectivity index (χ1) is 14.3. The number of halogens is 1. The first kappa shape index (κ1) is 23.7. The second-order valence-corrected chi connectivity index (χ2v) is 7.23. The van der Waals surface area contributed by atoms with Crippen molar-refractivity contribution < 1.29 is 18.9 Å². The van der Waals surface area contributed by atoms with Crippen molar-refractivity contribution in [2.75, 3.05) is 63.0 Å². The van der Waals surface area contributed by atoms with Crippen molar-refractivity contribution in [2.45, 2.75) is 0 Å². The van der Waals surface area contributed by atoms with Gasteiger partial charge < -0.3 is 24.3 Å². The summed E-state index contributed by atoms with van der Waals surface area (Å²) >= 11 is 2.29. The Bertz CT molecular complexity index is 689. The number of ether oxygens (including phenoxy) is 4. The molecule has 29 heavy (non-hydrogen) atoms. The van der Waals surface area contributed by atoms with Crippen LogP contribution in [0.25, 0.3) is 12.2 Å². The highest BCUT2D eigenvalue weighted by Crippen LogP contribution is 2.15. The third-order valence-corrected chi connectivity index (χ3v) is 4.45. The maximum absolute atomic E-state index is 5.70. The molecule has 0 aliphatic carbocycles. The smallest absolute Gasteiger partial charge is 0.119 e. The van der Waals surface area contributed by atoms with E-state index in [1.165, 1.54) is 5.56 Å². The first-order valence-corrected chi connectivity index (χ1v) is 11.3. The topological polar surface area (TPSA) is 49.0 Å². The van der Waals surface area contributed by atoms with Gasteiger partial charge in [0, 0.05) is 17.2 Å². The number of alkyl halides is 1. The lowest BCUT2D eigenvalue weighted by Crippen LogP contribution is -2.13. The van der Waals surface area contributed by atoms with Crippen molar-refractivity contribution >= 4 is 40.4 Å².